The average molecular weight is 435 g/mol. The maximum atomic E-state index is 13.2. The summed E-state index contributed by atoms with van der Waals surface area (Å²) in [5.74, 6) is -1.38. The van der Waals surface area contributed by atoms with Gasteiger partial charge in [-0.2, -0.15) is 0 Å². The van der Waals surface area contributed by atoms with Crippen LogP contribution in [0.2, 0.25) is 0 Å². The number of methoxy groups -OCH3 is 1. The fourth-order valence-electron chi connectivity index (χ4n) is 2.98. The van der Waals surface area contributed by atoms with Gasteiger partial charge in [0.2, 0.25) is 0 Å². The van der Waals surface area contributed by atoms with Gasteiger partial charge in [0, 0.05) is 23.2 Å². The van der Waals surface area contributed by atoms with Crippen LogP contribution >= 0.6 is 0 Å². The van der Waals surface area contributed by atoms with Crippen LogP contribution in [-0.4, -0.2) is 37.3 Å². The maximum absolute atomic E-state index is 13.2. The number of ether oxygens (including phenoxy) is 2. The number of carbonyl (C=O) groups excluding carboxylic acids is 3. The maximum Gasteiger partial charge on any atom is 0.329 e. The van der Waals surface area contributed by atoms with Gasteiger partial charge >= 0.3 is 5.97 Å². The van der Waals surface area contributed by atoms with Gasteiger partial charge in [-0.15, -0.1) is 0 Å². The second-order valence-corrected chi connectivity index (χ2v) is 6.96. The van der Waals surface area contributed by atoms with E-state index in [1.807, 2.05) is 0 Å². The number of anilines is 1. The topological polar surface area (TPSA) is 81.7 Å². The number of hydrogen-bond acceptors (Lipinski definition) is 6. The highest BCUT2D eigenvalue weighted by Gasteiger charge is 2.25. The molecule has 0 saturated carbocycles. The van der Waals surface area contributed by atoms with E-state index in [-0.39, 0.29) is 12.2 Å². The van der Waals surface area contributed by atoms with Crippen molar-refractivity contribution in [2.45, 2.75) is 12.5 Å². The lowest BCUT2D eigenvalue weighted by Gasteiger charge is -2.18. The van der Waals surface area contributed by atoms with Gasteiger partial charge in [-0.25, -0.2) is 9.18 Å². The molecule has 0 bridgehead atoms. The number of esters is 1. The smallest absolute Gasteiger partial charge is 0.329 e. The van der Waals surface area contributed by atoms with Crippen molar-refractivity contribution in [2.24, 2.45) is 0 Å². The molecule has 1 N–H and O–H groups in total. The molecule has 0 heterocycles. The first-order valence-corrected chi connectivity index (χ1v) is 9.90. The molecule has 0 fully saturated rings. The molecule has 3 rings (SSSR count). The molecule has 0 saturated heterocycles. The molecule has 0 aliphatic heterocycles. The molecule has 3 aromatic rings. The Hall–Kier alpha value is -4.00. The number of ketones is 2. The fourth-order valence-corrected chi connectivity index (χ4v) is 2.98. The van der Waals surface area contributed by atoms with Crippen molar-refractivity contribution in [2.75, 3.05) is 19.0 Å². The zero-order valence-electron chi connectivity index (χ0n) is 17.4. The Labute approximate surface area is 185 Å². The summed E-state index contributed by atoms with van der Waals surface area (Å²) in [5.41, 5.74) is 1.22. The lowest BCUT2D eigenvalue weighted by molar-refractivity contribution is -0.143. The molecule has 32 heavy (non-hydrogen) atoms. The Kier molecular flexibility index (Phi) is 7.70. The number of halogens is 1. The van der Waals surface area contributed by atoms with Crippen LogP contribution < -0.4 is 10.1 Å². The molecule has 6 nitrogen and oxygen atoms in total. The van der Waals surface area contributed by atoms with Gasteiger partial charge in [-0.05, 0) is 36.4 Å². The van der Waals surface area contributed by atoms with Crippen LogP contribution in [0.3, 0.4) is 0 Å². The number of Topliss-reactive ketones (excluding diaryl/α,β-unsaturated/α-hetero) is 2. The van der Waals surface area contributed by atoms with Gasteiger partial charge < -0.3 is 14.8 Å². The van der Waals surface area contributed by atoms with Gasteiger partial charge in [0.05, 0.1) is 7.11 Å². The van der Waals surface area contributed by atoms with Crippen LogP contribution in [0, 0.1) is 5.82 Å². The molecule has 0 aliphatic rings. The monoisotopic (exact) mass is 435 g/mol. The fraction of sp³-hybridized carbons (Fsp3) is 0.160. The zero-order chi connectivity index (χ0) is 22.9. The second-order valence-electron chi connectivity index (χ2n) is 6.96. The largest absolute Gasteiger partial charge is 0.497 e. The predicted octanol–water partition coefficient (Wildman–Crippen LogP) is 4.31. The third kappa shape index (κ3) is 6.25. The third-order valence-corrected chi connectivity index (χ3v) is 4.69. The molecule has 3 aromatic carbocycles. The van der Waals surface area contributed by atoms with Crippen molar-refractivity contribution in [1.82, 2.24) is 0 Å². The normalized spacial score (nSPS) is 11.3. The van der Waals surface area contributed by atoms with E-state index in [9.17, 15) is 18.8 Å². The molecule has 1 atom stereocenters. The van der Waals surface area contributed by atoms with Gasteiger partial charge in [0.15, 0.2) is 18.2 Å². The molecule has 0 radical (unpaired) electrons. The number of carbonyl (C=O) groups is 3. The first-order valence-electron chi connectivity index (χ1n) is 9.90. The van der Waals surface area contributed by atoms with E-state index in [0.717, 1.165) is 0 Å². The first-order chi connectivity index (χ1) is 15.5. The minimum Gasteiger partial charge on any atom is -0.497 e. The van der Waals surface area contributed by atoms with Crippen molar-refractivity contribution < 1.29 is 28.2 Å². The summed E-state index contributed by atoms with van der Waals surface area (Å²) in [5, 5.41) is 2.90. The number of nitrogens with one attached hydrogen (secondary N) is 1. The van der Waals surface area contributed by atoms with Gasteiger partial charge in [0.1, 0.15) is 17.6 Å². The SMILES string of the molecule is COc1cccc(C(=O)COC(=O)[C@H](CC(=O)c2ccccc2)Nc2ccc(F)cc2)c1. The molecule has 164 valence electrons. The van der Waals surface area contributed by atoms with Crippen molar-refractivity contribution in [3.05, 3.63) is 95.8 Å². The Morgan fingerprint density at radius 3 is 2.25 bits per heavy atom. The lowest BCUT2D eigenvalue weighted by Crippen LogP contribution is -2.34. The molecule has 0 aromatic heterocycles. The van der Waals surface area contributed by atoms with E-state index in [4.69, 9.17) is 9.47 Å². The number of hydrogen-bond donors (Lipinski definition) is 1. The highest BCUT2D eigenvalue weighted by Crippen LogP contribution is 2.16. The summed E-state index contributed by atoms with van der Waals surface area (Å²) in [6.07, 6.45) is -0.201. The van der Waals surface area contributed by atoms with Crippen LogP contribution in [0.25, 0.3) is 0 Å². The first kappa shape index (κ1) is 22.7. The minimum absolute atomic E-state index is 0.201. The van der Waals surface area contributed by atoms with Crippen molar-refractivity contribution in [3.63, 3.8) is 0 Å². The predicted molar refractivity (Wildman–Crippen MR) is 117 cm³/mol. The summed E-state index contributed by atoms with van der Waals surface area (Å²) in [7, 11) is 1.49. The van der Waals surface area contributed by atoms with Crippen LogP contribution in [0.15, 0.2) is 78.9 Å². The Morgan fingerprint density at radius 1 is 0.875 bits per heavy atom. The van der Waals surface area contributed by atoms with Gasteiger partial charge in [-0.1, -0.05) is 42.5 Å². The molecule has 0 unspecified atom stereocenters. The Bertz CT molecular complexity index is 1080. The van der Waals surface area contributed by atoms with Crippen molar-refractivity contribution >= 4 is 23.2 Å². The molecular formula is C25H22FNO5. The van der Waals surface area contributed by atoms with Crippen LogP contribution in [0.4, 0.5) is 10.1 Å². The van der Waals surface area contributed by atoms with E-state index in [0.29, 0.717) is 22.6 Å². The molecule has 0 amide bonds. The molecule has 7 heteroatoms. The summed E-state index contributed by atoms with van der Waals surface area (Å²) >= 11 is 0. The van der Waals surface area contributed by atoms with Crippen LogP contribution in [-0.2, 0) is 9.53 Å². The Morgan fingerprint density at radius 2 is 1.56 bits per heavy atom. The summed E-state index contributed by atoms with van der Waals surface area (Å²) < 4.78 is 23.5. The minimum atomic E-state index is -1.06. The van der Waals surface area contributed by atoms with Crippen molar-refractivity contribution in [1.29, 1.82) is 0 Å². The number of rotatable bonds is 10. The highest BCUT2D eigenvalue weighted by atomic mass is 19.1. The summed E-state index contributed by atoms with van der Waals surface area (Å²) in [4.78, 5) is 37.8. The van der Waals surface area contributed by atoms with Crippen molar-refractivity contribution in [3.8, 4) is 5.75 Å². The molecule has 0 aliphatic carbocycles. The molecule has 0 spiro atoms. The molecular weight excluding hydrogens is 413 g/mol. The van der Waals surface area contributed by atoms with E-state index in [2.05, 4.69) is 5.32 Å². The van der Waals surface area contributed by atoms with E-state index in [1.165, 1.54) is 31.4 Å². The second kappa shape index (κ2) is 10.9. The summed E-state index contributed by atoms with van der Waals surface area (Å²) in [6, 6.07) is 19.3. The third-order valence-electron chi connectivity index (χ3n) is 4.69. The van der Waals surface area contributed by atoms with Gasteiger partial charge in [-0.3, -0.25) is 9.59 Å². The quantitative estimate of drug-likeness (QED) is 0.377. The zero-order valence-corrected chi connectivity index (χ0v) is 17.4. The van der Waals surface area contributed by atoms with Crippen LogP contribution in [0.1, 0.15) is 27.1 Å². The van der Waals surface area contributed by atoms with Crippen LogP contribution in [0.5, 0.6) is 5.75 Å². The van der Waals surface area contributed by atoms with E-state index in [1.54, 1.807) is 54.6 Å². The standard InChI is InChI=1S/C25H22FNO5/c1-31-21-9-5-8-18(14-21)24(29)16-32-25(30)22(27-20-12-10-19(26)11-13-20)15-23(28)17-6-3-2-4-7-17/h2-14,22,27H,15-16H2,1H3/t22-/m0/s1. The Balaban J connectivity index is 1.70. The lowest BCUT2D eigenvalue weighted by atomic mass is 10.0. The highest BCUT2D eigenvalue weighted by molar-refractivity contribution is 6.01. The average Bonchev–Trinajstić information content (AvgIpc) is 2.83. The van der Waals surface area contributed by atoms with E-state index >= 15 is 0 Å². The summed E-state index contributed by atoms with van der Waals surface area (Å²) in [6.45, 7) is -0.493. The number of benzene rings is 3. The van der Waals surface area contributed by atoms with E-state index < -0.39 is 30.2 Å². The van der Waals surface area contributed by atoms with Gasteiger partial charge in [0.25, 0.3) is 0 Å².